The van der Waals surface area contributed by atoms with E-state index in [-0.39, 0.29) is 0 Å². The Morgan fingerprint density at radius 2 is 1.49 bits per heavy atom. The van der Waals surface area contributed by atoms with Crippen LogP contribution in [-0.4, -0.2) is 79.8 Å². The Labute approximate surface area is 232 Å². The lowest BCUT2D eigenvalue weighted by molar-refractivity contribution is 0.135. The number of benzene rings is 3. The molecule has 0 radical (unpaired) electrons. The van der Waals surface area contributed by atoms with Gasteiger partial charge in [-0.15, -0.1) is 0 Å². The van der Waals surface area contributed by atoms with E-state index in [1.807, 2.05) is 12.1 Å². The predicted molar refractivity (Wildman–Crippen MR) is 161 cm³/mol. The number of nitrogens with one attached hydrogen (secondary N) is 1. The molecule has 0 atom stereocenters. The van der Waals surface area contributed by atoms with Crippen molar-refractivity contribution in [3.8, 4) is 22.9 Å². The predicted octanol–water partition coefficient (Wildman–Crippen LogP) is 6.08. The summed E-state index contributed by atoms with van der Waals surface area (Å²) in [5.74, 6) is 2.87. The average Bonchev–Trinajstić information content (AvgIpc) is 2.99. The molecule has 1 aliphatic heterocycles. The van der Waals surface area contributed by atoms with Crippen molar-refractivity contribution < 1.29 is 9.47 Å². The number of hydrogen-bond donors (Lipinski definition) is 1. The number of likely N-dealkylation sites (N-methyl/N-ethyl adjacent to an activating group) is 1. The maximum atomic E-state index is 5.58. The molecule has 1 aliphatic rings. The summed E-state index contributed by atoms with van der Waals surface area (Å²) in [6, 6.07) is 18.6. The van der Waals surface area contributed by atoms with Gasteiger partial charge in [-0.1, -0.05) is 56.2 Å². The fraction of sp³-hybridized carbons (Fsp3) is 0.438. The van der Waals surface area contributed by atoms with Crippen LogP contribution in [0.4, 0.5) is 5.82 Å². The molecule has 3 aromatic carbocycles. The van der Waals surface area contributed by atoms with Crippen LogP contribution in [0, 0.1) is 0 Å². The van der Waals surface area contributed by atoms with Crippen molar-refractivity contribution in [3.05, 3.63) is 54.6 Å². The summed E-state index contributed by atoms with van der Waals surface area (Å²) in [6.45, 7) is 10.4. The van der Waals surface area contributed by atoms with Crippen molar-refractivity contribution in [2.24, 2.45) is 0 Å². The number of ether oxygens (including phenoxy) is 2. The first kappa shape index (κ1) is 27.2. The van der Waals surface area contributed by atoms with E-state index in [0.717, 1.165) is 35.2 Å². The highest BCUT2D eigenvalue weighted by Crippen LogP contribution is 2.35. The van der Waals surface area contributed by atoms with Crippen LogP contribution in [0.3, 0.4) is 0 Å². The van der Waals surface area contributed by atoms with E-state index in [9.17, 15) is 0 Å². The first-order chi connectivity index (χ1) is 19.2. The number of rotatable bonds is 12. The summed E-state index contributed by atoms with van der Waals surface area (Å²) in [5, 5.41) is 6.92. The van der Waals surface area contributed by atoms with Crippen LogP contribution in [0.1, 0.15) is 32.6 Å². The third-order valence-corrected chi connectivity index (χ3v) is 7.81. The molecule has 0 aliphatic carbocycles. The zero-order valence-electron chi connectivity index (χ0n) is 23.6. The van der Waals surface area contributed by atoms with Gasteiger partial charge in [0.1, 0.15) is 5.82 Å². The molecule has 1 N–H and O–H groups in total. The fourth-order valence-electron chi connectivity index (χ4n) is 5.40. The third-order valence-electron chi connectivity index (χ3n) is 7.81. The third kappa shape index (κ3) is 6.60. The van der Waals surface area contributed by atoms with Crippen molar-refractivity contribution in [1.82, 2.24) is 19.8 Å². The lowest BCUT2D eigenvalue weighted by Crippen LogP contribution is -2.46. The smallest absolute Gasteiger partial charge is 0.162 e. The molecule has 7 heteroatoms. The van der Waals surface area contributed by atoms with E-state index in [1.54, 1.807) is 14.2 Å². The Balaban J connectivity index is 1.26. The Bertz CT molecular complexity index is 1380. The lowest BCUT2D eigenvalue weighted by atomic mass is 10.1. The Kier molecular flexibility index (Phi) is 9.12. The van der Waals surface area contributed by atoms with Gasteiger partial charge in [-0.05, 0) is 48.8 Å². The molecule has 0 spiro atoms. The minimum absolute atomic E-state index is 0.662. The van der Waals surface area contributed by atoms with Gasteiger partial charge in [0.25, 0.3) is 0 Å². The van der Waals surface area contributed by atoms with Gasteiger partial charge in [0.2, 0.25) is 0 Å². The van der Waals surface area contributed by atoms with Crippen LogP contribution in [0.25, 0.3) is 33.1 Å². The van der Waals surface area contributed by atoms with Gasteiger partial charge >= 0.3 is 0 Å². The average molecular weight is 528 g/mol. The standard InChI is InChI=1S/C32H41N5O2/c1-4-36-17-19-37(20-18-36)16-10-6-5-9-15-33-32-27-22-29(38-2)30(39-3)23-28(27)34-31(35-32)26-14-13-24-11-7-8-12-25(24)21-26/h7-8,11-14,21-23H,4-6,9-10,15-20H2,1-3H3,(H,33,34,35). The Morgan fingerprint density at radius 1 is 0.769 bits per heavy atom. The van der Waals surface area contributed by atoms with Crippen LogP contribution in [-0.2, 0) is 0 Å². The Morgan fingerprint density at radius 3 is 2.26 bits per heavy atom. The second-order valence-electron chi connectivity index (χ2n) is 10.3. The highest BCUT2D eigenvalue weighted by Gasteiger charge is 2.16. The van der Waals surface area contributed by atoms with Gasteiger partial charge < -0.3 is 24.6 Å². The fourth-order valence-corrected chi connectivity index (χ4v) is 5.40. The summed E-state index contributed by atoms with van der Waals surface area (Å²) >= 11 is 0. The largest absolute Gasteiger partial charge is 0.493 e. The van der Waals surface area contributed by atoms with Gasteiger partial charge in [0, 0.05) is 49.7 Å². The zero-order valence-corrected chi connectivity index (χ0v) is 23.6. The number of fused-ring (bicyclic) bond motifs is 2. The molecule has 7 nitrogen and oxygen atoms in total. The summed E-state index contributed by atoms with van der Waals surface area (Å²) in [5.41, 5.74) is 1.82. The first-order valence-electron chi connectivity index (χ1n) is 14.3. The molecule has 1 saturated heterocycles. The van der Waals surface area contributed by atoms with Crippen LogP contribution in [0.15, 0.2) is 54.6 Å². The minimum atomic E-state index is 0.662. The lowest BCUT2D eigenvalue weighted by Gasteiger charge is -2.33. The first-order valence-corrected chi connectivity index (χ1v) is 14.3. The second-order valence-corrected chi connectivity index (χ2v) is 10.3. The van der Waals surface area contributed by atoms with Crippen molar-refractivity contribution in [1.29, 1.82) is 0 Å². The molecule has 206 valence electrons. The van der Waals surface area contributed by atoms with Crippen LogP contribution >= 0.6 is 0 Å². The number of aromatic nitrogens is 2. The summed E-state index contributed by atoms with van der Waals surface area (Å²) < 4.78 is 11.1. The highest BCUT2D eigenvalue weighted by molar-refractivity contribution is 5.94. The van der Waals surface area contributed by atoms with Crippen molar-refractivity contribution in [2.75, 3.05) is 65.3 Å². The molecule has 1 fully saturated rings. The van der Waals surface area contributed by atoms with Crippen molar-refractivity contribution in [3.63, 3.8) is 0 Å². The van der Waals surface area contributed by atoms with E-state index < -0.39 is 0 Å². The molecule has 0 bridgehead atoms. The molecule has 2 heterocycles. The van der Waals surface area contributed by atoms with Crippen molar-refractivity contribution in [2.45, 2.75) is 32.6 Å². The highest BCUT2D eigenvalue weighted by atomic mass is 16.5. The molecule has 0 unspecified atom stereocenters. The van der Waals surface area contributed by atoms with Gasteiger partial charge in [0.15, 0.2) is 17.3 Å². The Hall–Kier alpha value is -3.42. The van der Waals surface area contributed by atoms with Crippen molar-refractivity contribution >= 4 is 27.5 Å². The molecule has 0 saturated carbocycles. The number of nitrogens with zero attached hydrogens (tertiary/aromatic N) is 4. The zero-order chi connectivity index (χ0) is 27.0. The van der Waals surface area contributed by atoms with E-state index in [2.05, 4.69) is 64.5 Å². The maximum Gasteiger partial charge on any atom is 0.162 e. The summed E-state index contributed by atoms with van der Waals surface area (Å²) in [6.07, 6.45) is 4.84. The van der Waals surface area contributed by atoms with E-state index in [4.69, 9.17) is 19.4 Å². The number of methoxy groups -OCH3 is 2. The summed E-state index contributed by atoms with van der Waals surface area (Å²) in [7, 11) is 3.31. The molecule has 4 aromatic rings. The molecular weight excluding hydrogens is 486 g/mol. The van der Waals surface area contributed by atoms with E-state index >= 15 is 0 Å². The van der Waals surface area contributed by atoms with Crippen LogP contribution in [0.5, 0.6) is 11.5 Å². The van der Waals surface area contributed by atoms with E-state index in [1.165, 1.54) is 69.3 Å². The topological polar surface area (TPSA) is 62.8 Å². The monoisotopic (exact) mass is 527 g/mol. The minimum Gasteiger partial charge on any atom is -0.493 e. The van der Waals surface area contributed by atoms with Gasteiger partial charge in [0.05, 0.1) is 19.7 Å². The maximum absolute atomic E-state index is 5.58. The van der Waals surface area contributed by atoms with Gasteiger partial charge in [-0.25, -0.2) is 9.97 Å². The number of hydrogen-bond acceptors (Lipinski definition) is 7. The SMILES string of the molecule is CCN1CCN(CCCCCCNc2nc(-c3ccc4ccccc4c3)nc3cc(OC)c(OC)cc23)CC1. The molecule has 5 rings (SSSR count). The van der Waals surface area contributed by atoms with E-state index in [0.29, 0.717) is 17.3 Å². The molecule has 1 aromatic heterocycles. The number of unbranched alkanes of at least 4 members (excludes halogenated alkanes) is 3. The molecular formula is C32H41N5O2. The molecule has 39 heavy (non-hydrogen) atoms. The van der Waals surface area contributed by atoms with Crippen LogP contribution < -0.4 is 14.8 Å². The molecule has 0 amide bonds. The quantitative estimate of drug-likeness (QED) is 0.224. The van der Waals surface area contributed by atoms with Crippen LogP contribution in [0.2, 0.25) is 0 Å². The van der Waals surface area contributed by atoms with Gasteiger partial charge in [-0.3, -0.25) is 0 Å². The normalized spacial score (nSPS) is 14.6. The number of anilines is 1. The second kappa shape index (κ2) is 13.1. The summed E-state index contributed by atoms with van der Waals surface area (Å²) in [4.78, 5) is 15.1. The number of piperazine rings is 1. The van der Waals surface area contributed by atoms with Gasteiger partial charge in [-0.2, -0.15) is 0 Å².